The molecule has 1 saturated carbocycles. The van der Waals surface area contributed by atoms with Gasteiger partial charge < -0.3 is 5.32 Å². The Morgan fingerprint density at radius 1 is 1.44 bits per heavy atom. The largest absolute Gasteiger partial charge is 0.384 e. The lowest BCUT2D eigenvalue weighted by Gasteiger charge is -2.13. The van der Waals surface area contributed by atoms with Gasteiger partial charge in [0, 0.05) is 24.1 Å². The van der Waals surface area contributed by atoms with Crippen LogP contribution < -0.4 is 5.32 Å². The zero-order valence-corrected chi connectivity index (χ0v) is 9.39. The Balaban J connectivity index is 1.97. The fraction of sp³-hybridized carbons (Fsp3) is 0.462. The maximum absolute atomic E-state index is 13.1. The molecule has 0 bridgehead atoms. The molecule has 0 spiro atoms. The number of benzene rings is 1. The van der Waals surface area contributed by atoms with Crippen molar-refractivity contribution < 1.29 is 4.39 Å². The van der Waals surface area contributed by atoms with Crippen LogP contribution in [-0.2, 0) is 0 Å². The summed E-state index contributed by atoms with van der Waals surface area (Å²) in [5.41, 5.74) is 1.86. The molecule has 1 fully saturated rings. The van der Waals surface area contributed by atoms with E-state index in [4.69, 9.17) is 5.26 Å². The second-order valence-electron chi connectivity index (χ2n) is 4.71. The molecule has 0 heterocycles. The minimum absolute atomic E-state index is 0.148. The second kappa shape index (κ2) is 4.13. The van der Waals surface area contributed by atoms with Crippen LogP contribution in [0.1, 0.15) is 24.8 Å². The minimum atomic E-state index is -0.215. The smallest absolute Gasteiger partial charge is 0.125 e. The van der Waals surface area contributed by atoms with Gasteiger partial charge in [0.1, 0.15) is 5.82 Å². The fourth-order valence-electron chi connectivity index (χ4n) is 1.89. The second-order valence-corrected chi connectivity index (χ2v) is 4.71. The van der Waals surface area contributed by atoms with Gasteiger partial charge in [0.2, 0.25) is 0 Å². The highest BCUT2D eigenvalue weighted by molar-refractivity contribution is 5.46. The lowest BCUT2D eigenvalue weighted by molar-refractivity contribution is 0.556. The Morgan fingerprint density at radius 2 is 2.19 bits per heavy atom. The number of halogens is 1. The third-order valence-corrected chi connectivity index (χ3v) is 3.12. The Labute approximate surface area is 95.1 Å². The highest BCUT2D eigenvalue weighted by atomic mass is 19.1. The van der Waals surface area contributed by atoms with Crippen molar-refractivity contribution in [3.05, 3.63) is 29.6 Å². The summed E-state index contributed by atoms with van der Waals surface area (Å²) in [5.74, 6) is -0.215. The number of hydrogen-bond acceptors (Lipinski definition) is 2. The van der Waals surface area contributed by atoms with Gasteiger partial charge in [-0.2, -0.15) is 5.26 Å². The molecule has 0 aliphatic heterocycles. The van der Waals surface area contributed by atoms with E-state index >= 15 is 0 Å². The van der Waals surface area contributed by atoms with Crippen molar-refractivity contribution in [1.29, 1.82) is 5.26 Å². The molecule has 2 nitrogen and oxygen atoms in total. The molecule has 3 heteroatoms. The summed E-state index contributed by atoms with van der Waals surface area (Å²) in [6.07, 6.45) is 2.79. The number of nitrogens with zero attached hydrogens (tertiary/aromatic N) is 1. The van der Waals surface area contributed by atoms with Crippen LogP contribution in [0, 0.1) is 29.5 Å². The average Bonchev–Trinajstić information content (AvgIpc) is 2.95. The third kappa shape index (κ3) is 2.52. The maximum atomic E-state index is 13.1. The van der Waals surface area contributed by atoms with Crippen molar-refractivity contribution in [3.8, 4) is 6.07 Å². The van der Waals surface area contributed by atoms with Gasteiger partial charge in [-0.05, 0) is 43.5 Å². The fourth-order valence-corrected chi connectivity index (χ4v) is 1.89. The summed E-state index contributed by atoms with van der Waals surface area (Å²) in [5, 5.41) is 11.9. The summed E-state index contributed by atoms with van der Waals surface area (Å²) >= 11 is 0. The molecule has 2 rings (SSSR count). The van der Waals surface area contributed by atoms with Crippen LogP contribution in [0.4, 0.5) is 10.1 Å². The highest BCUT2D eigenvalue weighted by Gasteiger charge is 2.42. The summed E-state index contributed by atoms with van der Waals surface area (Å²) in [7, 11) is 0. The molecule has 0 saturated heterocycles. The van der Waals surface area contributed by atoms with E-state index in [0.29, 0.717) is 6.42 Å². The third-order valence-electron chi connectivity index (χ3n) is 3.12. The first kappa shape index (κ1) is 10.9. The topological polar surface area (TPSA) is 35.8 Å². The standard InChI is InChI=1S/C13H15FN2/c1-10-6-11(14)8-12(7-10)16-9-13(2-3-13)4-5-15/h6-8,16H,2-4,9H2,1H3. The van der Waals surface area contributed by atoms with Crippen LogP contribution in [0.3, 0.4) is 0 Å². The van der Waals surface area contributed by atoms with E-state index in [1.807, 2.05) is 13.0 Å². The van der Waals surface area contributed by atoms with Crippen LogP contribution in [-0.4, -0.2) is 6.54 Å². The molecule has 0 amide bonds. The minimum Gasteiger partial charge on any atom is -0.384 e. The number of rotatable bonds is 4. The van der Waals surface area contributed by atoms with E-state index in [2.05, 4.69) is 11.4 Å². The van der Waals surface area contributed by atoms with Crippen LogP contribution in [0.25, 0.3) is 0 Å². The van der Waals surface area contributed by atoms with Gasteiger partial charge in [-0.1, -0.05) is 0 Å². The van der Waals surface area contributed by atoms with E-state index in [-0.39, 0.29) is 11.2 Å². The van der Waals surface area contributed by atoms with Gasteiger partial charge in [-0.15, -0.1) is 0 Å². The Bertz CT molecular complexity index is 410. The van der Waals surface area contributed by atoms with E-state index in [9.17, 15) is 4.39 Å². The van der Waals surface area contributed by atoms with Gasteiger partial charge in [-0.25, -0.2) is 4.39 Å². The Kier molecular flexibility index (Phi) is 2.82. The van der Waals surface area contributed by atoms with Crippen molar-refractivity contribution in [2.45, 2.75) is 26.2 Å². The lowest BCUT2D eigenvalue weighted by Crippen LogP contribution is -2.14. The molecular formula is C13H15FN2. The highest BCUT2D eigenvalue weighted by Crippen LogP contribution is 2.48. The first-order valence-electron chi connectivity index (χ1n) is 5.52. The van der Waals surface area contributed by atoms with E-state index in [0.717, 1.165) is 30.6 Å². The van der Waals surface area contributed by atoms with Crippen LogP contribution in [0.2, 0.25) is 0 Å². The zero-order valence-electron chi connectivity index (χ0n) is 9.39. The monoisotopic (exact) mass is 218 g/mol. The van der Waals surface area contributed by atoms with Crippen LogP contribution in [0.15, 0.2) is 18.2 Å². The van der Waals surface area contributed by atoms with Crippen molar-refractivity contribution in [3.63, 3.8) is 0 Å². The predicted octanol–water partition coefficient (Wildman–Crippen LogP) is 3.24. The molecule has 0 atom stereocenters. The molecule has 0 radical (unpaired) electrons. The predicted molar refractivity (Wildman–Crippen MR) is 61.5 cm³/mol. The molecular weight excluding hydrogens is 203 g/mol. The van der Waals surface area contributed by atoms with Crippen molar-refractivity contribution in [2.24, 2.45) is 5.41 Å². The van der Waals surface area contributed by atoms with Crippen molar-refractivity contribution in [2.75, 3.05) is 11.9 Å². The van der Waals surface area contributed by atoms with Crippen LogP contribution in [0.5, 0.6) is 0 Å². The summed E-state index contributed by atoms with van der Waals surface area (Å²) in [6.45, 7) is 2.64. The lowest BCUT2D eigenvalue weighted by atomic mass is 10.0. The summed E-state index contributed by atoms with van der Waals surface area (Å²) in [6, 6.07) is 7.14. The molecule has 1 aromatic rings. The van der Waals surface area contributed by atoms with Crippen molar-refractivity contribution in [1.82, 2.24) is 0 Å². The maximum Gasteiger partial charge on any atom is 0.125 e. The Morgan fingerprint density at radius 3 is 2.75 bits per heavy atom. The number of nitrogens with one attached hydrogen (secondary N) is 1. The van der Waals surface area contributed by atoms with Gasteiger partial charge in [-0.3, -0.25) is 0 Å². The molecule has 84 valence electrons. The normalized spacial score (nSPS) is 16.6. The van der Waals surface area contributed by atoms with Gasteiger partial charge in [0.05, 0.1) is 6.07 Å². The molecule has 0 aromatic heterocycles. The van der Waals surface area contributed by atoms with Gasteiger partial charge >= 0.3 is 0 Å². The van der Waals surface area contributed by atoms with E-state index < -0.39 is 0 Å². The molecule has 16 heavy (non-hydrogen) atoms. The number of hydrogen-bond donors (Lipinski definition) is 1. The number of aryl methyl sites for hydroxylation is 1. The van der Waals surface area contributed by atoms with Crippen LogP contribution >= 0.6 is 0 Å². The number of anilines is 1. The van der Waals surface area contributed by atoms with E-state index in [1.165, 1.54) is 12.1 Å². The van der Waals surface area contributed by atoms with Crippen molar-refractivity contribution >= 4 is 5.69 Å². The summed E-state index contributed by atoms with van der Waals surface area (Å²) < 4.78 is 13.1. The zero-order chi connectivity index (χ0) is 11.6. The molecule has 1 aliphatic carbocycles. The molecule has 1 aliphatic rings. The first-order valence-corrected chi connectivity index (χ1v) is 5.52. The van der Waals surface area contributed by atoms with E-state index in [1.54, 1.807) is 0 Å². The Hall–Kier alpha value is -1.56. The SMILES string of the molecule is Cc1cc(F)cc(NCC2(CC#N)CC2)c1. The number of nitriles is 1. The molecule has 1 aromatic carbocycles. The summed E-state index contributed by atoms with van der Waals surface area (Å²) in [4.78, 5) is 0. The van der Waals surface area contributed by atoms with Gasteiger partial charge in [0.15, 0.2) is 0 Å². The molecule has 0 unspecified atom stereocenters. The first-order chi connectivity index (χ1) is 7.63. The molecule has 1 N–H and O–H groups in total. The quantitative estimate of drug-likeness (QED) is 0.842. The average molecular weight is 218 g/mol. The van der Waals surface area contributed by atoms with Gasteiger partial charge in [0.25, 0.3) is 0 Å².